The maximum atomic E-state index is 14.0. The molecule has 2 N–H and O–H groups in total. The Labute approximate surface area is 209 Å². The van der Waals surface area contributed by atoms with Crippen LogP contribution in [-0.2, 0) is 17.8 Å². The highest BCUT2D eigenvalue weighted by atomic mass is 35.5. The standard InChI is InChI=1S/C26H23FN2O3.2ClH/c27-20-11-12-23-22(14-20)25(26(30)32-16-19-9-5-2-6-10-19)24(15-29-23)31-17-21(28)13-18-7-3-1-4-8-18;;/h1-12,14-15,21H,13,16-17,28H2;2*1H/t21-;;/m1../s1. The molecule has 0 fully saturated rings. The van der Waals surface area contributed by atoms with Crippen LogP contribution in [0.4, 0.5) is 4.39 Å². The summed E-state index contributed by atoms with van der Waals surface area (Å²) in [5.41, 5.74) is 8.77. The largest absolute Gasteiger partial charge is 0.489 e. The SMILES string of the molecule is Cl.Cl.N[C@@H](COc1cnc2ccc(F)cc2c1C(=O)OCc1ccccc1)Cc1ccccc1. The average Bonchev–Trinajstić information content (AvgIpc) is 2.82. The van der Waals surface area contributed by atoms with Gasteiger partial charge >= 0.3 is 5.97 Å². The van der Waals surface area contributed by atoms with E-state index in [1.807, 2.05) is 60.7 Å². The molecule has 0 aliphatic carbocycles. The predicted molar refractivity (Wildman–Crippen MR) is 135 cm³/mol. The van der Waals surface area contributed by atoms with Gasteiger partial charge in [0, 0.05) is 11.4 Å². The lowest BCUT2D eigenvalue weighted by Gasteiger charge is -2.16. The van der Waals surface area contributed by atoms with Crippen LogP contribution in [0.5, 0.6) is 5.75 Å². The summed E-state index contributed by atoms with van der Waals surface area (Å²) in [5.74, 6) is -0.877. The lowest BCUT2D eigenvalue weighted by atomic mass is 10.1. The van der Waals surface area contributed by atoms with Crippen molar-refractivity contribution < 1.29 is 18.7 Å². The van der Waals surface area contributed by atoms with Crippen LogP contribution in [0.1, 0.15) is 21.5 Å². The van der Waals surface area contributed by atoms with Crippen LogP contribution in [0, 0.1) is 5.82 Å². The number of nitrogens with two attached hydrogens (primary N) is 1. The fraction of sp³-hybridized carbons (Fsp3) is 0.154. The van der Waals surface area contributed by atoms with E-state index in [4.69, 9.17) is 15.2 Å². The number of hydrogen-bond acceptors (Lipinski definition) is 5. The number of benzene rings is 3. The second kappa shape index (κ2) is 12.9. The second-order valence-corrected chi connectivity index (χ2v) is 7.48. The number of hydrogen-bond donors (Lipinski definition) is 1. The predicted octanol–water partition coefficient (Wildman–Crippen LogP) is 5.52. The molecule has 1 heterocycles. The number of nitrogens with zero attached hydrogens (tertiary/aromatic N) is 1. The van der Waals surface area contributed by atoms with Crippen molar-refractivity contribution >= 4 is 41.7 Å². The van der Waals surface area contributed by atoms with Crippen molar-refractivity contribution in [2.45, 2.75) is 19.1 Å². The minimum Gasteiger partial charge on any atom is -0.489 e. The van der Waals surface area contributed by atoms with Crippen molar-refractivity contribution in [2.24, 2.45) is 5.73 Å². The van der Waals surface area contributed by atoms with Gasteiger partial charge in [-0.3, -0.25) is 4.98 Å². The Morgan fingerprint density at radius 3 is 2.26 bits per heavy atom. The normalized spacial score (nSPS) is 11.1. The van der Waals surface area contributed by atoms with Gasteiger partial charge in [0.25, 0.3) is 0 Å². The second-order valence-electron chi connectivity index (χ2n) is 7.48. The number of ether oxygens (including phenoxy) is 2. The first-order chi connectivity index (χ1) is 15.6. The molecule has 4 rings (SSSR count). The summed E-state index contributed by atoms with van der Waals surface area (Å²) in [4.78, 5) is 17.3. The molecule has 3 aromatic carbocycles. The number of carbonyl (C=O) groups excluding carboxylic acids is 1. The van der Waals surface area contributed by atoms with Crippen molar-refractivity contribution in [1.29, 1.82) is 0 Å². The van der Waals surface area contributed by atoms with Crippen LogP contribution >= 0.6 is 24.8 Å². The van der Waals surface area contributed by atoms with Gasteiger partial charge < -0.3 is 15.2 Å². The van der Waals surface area contributed by atoms with Crippen molar-refractivity contribution in [1.82, 2.24) is 4.98 Å². The van der Waals surface area contributed by atoms with E-state index < -0.39 is 11.8 Å². The summed E-state index contributed by atoms with van der Waals surface area (Å²) in [5, 5.41) is 0.331. The lowest BCUT2D eigenvalue weighted by molar-refractivity contribution is 0.0470. The maximum Gasteiger partial charge on any atom is 0.343 e. The summed E-state index contributed by atoms with van der Waals surface area (Å²) < 4.78 is 25.4. The monoisotopic (exact) mass is 502 g/mol. The zero-order valence-corrected chi connectivity index (χ0v) is 19.9. The van der Waals surface area contributed by atoms with Gasteiger partial charge in [0.2, 0.25) is 0 Å². The summed E-state index contributed by atoms with van der Waals surface area (Å²) in [6, 6.07) is 22.9. The maximum absolute atomic E-state index is 14.0. The molecule has 0 bridgehead atoms. The Morgan fingerprint density at radius 2 is 1.59 bits per heavy atom. The molecule has 0 radical (unpaired) electrons. The van der Waals surface area contributed by atoms with E-state index in [9.17, 15) is 9.18 Å². The zero-order chi connectivity index (χ0) is 22.3. The Hall–Kier alpha value is -3.19. The highest BCUT2D eigenvalue weighted by Crippen LogP contribution is 2.28. The first kappa shape index (κ1) is 27.1. The highest BCUT2D eigenvalue weighted by molar-refractivity contribution is 6.05. The van der Waals surface area contributed by atoms with Gasteiger partial charge in [-0.15, -0.1) is 24.8 Å². The molecule has 1 atom stereocenters. The minimum atomic E-state index is -0.613. The molecule has 0 amide bonds. The molecule has 0 saturated carbocycles. The van der Waals surface area contributed by atoms with Gasteiger partial charge in [-0.05, 0) is 35.7 Å². The van der Waals surface area contributed by atoms with Crippen LogP contribution in [0.2, 0.25) is 0 Å². The fourth-order valence-corrected chi connectivity index (χ4v) is 3.43. The van der Waals surface area contributed by atoms with Gasteiger partial charge in [0.1, 0.15) is 24.6 Å². The first-order valence-electron chi connectivity index (χ1n) is 10.3. The van der Waals surface area contributed by atoms with Gasteiger partial charge in [0.15, 0.2) is 5.75 Å². The van der Waals surface area contributed by atoms with E-state index in [0.717, 1.165) is 11.1 Å². The number of fused-ring (bicyclic) bond motifs is 1. The van der Waals surface area contributed by atoms with E-state index in [2.05, 4.69) is 4.98 Å². The van der Waals surface area contributed by atoms with Crippen molar-refractivity contribution in [2.75, 3.05) is 6.61 Å². The van der Waals surface area contributed by atoms with Crippen molar-refractivity contribution in [3.63, 3.8) is 0 Å². The van der Waals surface area contributed by atoms with Crippen molar-refractivity contribution in [3.8, 4) is 5.75 Å². The number of halogens is 3. The topological polar surface area (TPSA) is 74.4 Å². The number of rotatable bonds is 8. The molecule has 4 aromatic rings. The molecular formula is C26H25Cl2FN2O3. The summed E-state index contributed by atoms with van der Waals surface area (Å²) in [6.07, 6.45) is 2.07. The first-order valence-corrected chi connectivity index (χ1v) is 10.3. The molecule has 34 heavy (non-hydrogen) atoms. The summed E-state index contributed by atoms with van der Waals surface area (Å²) >= 11 is 0. The molecule has 0 unspecified atom stereocenters. The van der Waals surface area contributed by atoms with E-state index in [-0.39, 0.29) is 55.4 Å². The third-order valence-electron chi connectivity index (χ3n) is 5.01. The molecule has 0 aliphatic heterocycles. The fourth-order valence-electron chi connectivity index (χ4n) is 3.43. The van der Waals surface area contributed by atoms with Gasteiger partial charge in [0.05, 0.1) is 11.7 Å². The van der Waals surface area contributed by atoms with Crippen LogP contribution < -0.4 is 10.5 Å². The number of aromatic nitrogens is 1. The molecule has 1 aromatic heterocycles. The quantitative estimate of drug-likeness (QED) is 0.321. The molecule has 178 valence electrons. The van der Waals surface area contributed by atoms with E-state index in [0.29, 0.717) is 17.3 Å². The molecule has 0 saturated heterocycles. The highest BCUT2D eigenvalue weighted by Gasteiger charge is 2.21. The van der Waals surface area contributed by atoms with Gasteiger partial charge in [-0.2, -0.15) is 0 Å². The third-order valence-corrected chi connectivity index (χ3v) is 5.01. The van der Waals surface area contributed by atoms with Crippen LogP contribution in [-0.4, -0.2) is 23.6 Å². The molecular weight excluding hydrogens is 478 g/mol. The Morgan fingerprint density at radius 1 is 0.941 bits per heavy atom. The molecule has 0 spiro atoms. The van der Waals surface area contributed by atoms with Gasteiger partial charge in [-0.25, -0.2) is 9.18 Å². The smallest absolute Gasteiger partial charge is 0.343 e. The lowest BCUT2D eigenvalue weighted by Crippen LogP contribution is -2.30. The van der Waals surface area contributed by atoms with E-state index in [1.54, 1.807) is 0 Å². The van der Waals surface area contributed by atoms with Gasteiger partial charge in [-0.1, -0.05) is 60.7 Å². The summed E-state index contributed by atoms with van der Waals surface area (Å²) in [6.45, 7) is 0.252. The molecule has 5 nitrogen and oxygen atoms in total. The van der Waals surface area contributed by atoms with Crippen LogP contribution in [0.25, 0.3) is 10.9 Å². The zero-order valence-electron chi connectivity index (χ0n) is 18.2. The number of carbonyl (C=O) groups is 1. The van der Waals surface area contributed by atoms with Crippen LogP contribution in [0.3, 0.4) is 0 Å². The number of esters is 1. The Kier molecular flexibility index (Phi) is 10.3. The van der Waals surface area contributed by atoms with E-state index in [1.165, 1.54) is 24.4 Å². The van der Waals surface area contributed by atoms with Crippen molar-refractivity contribution in [3.05, 3.63) is 108 Å². The Bertz CT molecular complexity index is 1210. The molecule has 0 aliphatic rings. The molecule has 8 heteroatoms. The van der Waals surface area contributed by atoms with Crippen LogP contribution in [0.15, 0.2) is 85.1 Å². The minimum absolute atomic E-state index is 0. The Balaban J connectivity index is 0.00000204. The summed E-state index contributed by atoms with van der Waals surface area (Å²) in [7, 11) is 0. The van der Waals surface area contributed by atoms with E-state index >= 15 is 0 Å². The number of pyridine rings is 1. The average molecular weight is 503 g/mol. The third kappa shape index (κ3) is 6.90.